The molecule has 0 bridgehead atoms. The predicted octanol–water partition coefficient (Wildman–Crippen LogP) is 2.70. The zero-order valence-corrected chi connectivity index (χ0v) is 7.27. The lowest BCUT2D eigenvalue weighted by Gasteiger charge is -2.08. The molecule has 2 nitrogen and oxygen atoms in total. The molecule has 0 aromatic rings. The summed E-state index contributed by atoms with van der Waals surface area (Å²) in [4.78, 5) is 3.96. The summed E-state index contributed by atoms with van der Waals surface area (Å²) in [6.45, 7) is 7.06. The van der Waals surface area contributed by atoms with Gasteiger partial charge in [0.25, 0.3) is 0 Å². The van der Waals surface area contributed by atoms with Crippen molar-refractivity contribution in [3.05, 3.63) is 61.1 Å². The van der Waals surface area contributed by atoms with Crippen LogP contribution < -0.4 is 0 Å². The molecule has 0 fully saturated rings. The van der Waals surface area contributed by atoms with Crippen molar-refractivity contribution in [1.82, 2.24) is 0 Å². The van der Waals surface area contributed by atoms with Gasteiger partial charge in [-0.05, 0) is 6.08 Å². The largest absolute Gasteiger partial charge is 0.506 e. The number of nitrogens with zero attached hydrogens (tertiary/aromatic N) is 1. The highest BCUT2D eigenvalue weighted by Crippen LogP contribution is 2.13. The number of allylic oxidation sites excluding steroid dienone is 6. The fraction of sp³-hybridized carbons (Fsp3) is 0. The van der Waals surface area contributed by atoms with E-state index in [9.17, 15) is 5.11 Å². The molecule has 1 N–H and O–H groups in total. The van der Waals surface area contributed by atoms with Crippen molar-refractivity contribution in [2.24, 2.45) is 4.99 Å². The van der Waals surface area contributed by atoms with Crippen molar-refractivity contribution in [2.45, 2.75) is 0 Å². The molecule has 66 valence electrons. The van der Waals surface area contributed by atoms with E-state index in [0.717, 1.165) is 5.57 Å². The first kappa shape index (κ1) is 9.26. The first-order valence-corrected chi connectivity index (χ1v) is 3.89. The minimum absolute atomic E-state index is 0.149. The molecule has 1 aliphatic rings. The molecule has 0 amide bonds. The van der Waals surface area contributed by atoms with Gasteiger partial charge in [-0.2, -0.15) is 0 Å². The van der Waals surface area contributed by atoms with E-state index in [0.29, 0.717) is 5.71 Å². The lowest BCUT2D eigenvalue weighted by molar-refractivity contribution is 0.443. The van der Waals surface area contributed by atoms with Crippen molar-refractivity contribution in [1.29, 1.82) is 0 Å². The molecule has 0 aromatic heterocycles. The summed E-state index contributed by atoms with van der Waals surface area (Å²) >= 11 is 0. The summed E-state index contributed by atoms with van der Waals surface area (Å²) in [6.07, 6.45) is 10.0. The van der Waals surface area contributed by atoms with E-state index in [4.69, 9.17) is 0 Å². The van der Waals surface area contributed by atoms with Gasteiger partial charge in [0.2, 0.25) is 0 Å². The SMILES string of the molecule is C=C/C=C1/C=CC=C(O)/C1=N/C=C. The maximum atomic E-state index is 9.45. The molecule has 0 atom stereocenters. The highest BCUT2D eigenvalue weighted by atomic mass is 16.3. The van der Waals surface area contributed by atoms with Gasteiger partial charge in [-0.1, -0.05) is 37.5 Å². The third-order valence-electron chi connectivity index (χ3n) is 1.56. The Bertz CT molecular complexity index is 343. The van der Waals surface area contributed by atoms with Crippen LogP contribution >= 0.6 is 0 Å². The normalized spacial score (nSPS) is 21.7. The van der Waals surface area contributed by atoms with Gasteiger partial charge in [0.05, 0.1) is 0 Å². The molecule has 0 unspecified atom stereocenters. The maximum absolute atomic E-state index is 9.45. The van der Waals surface area contributed by atoms with E-state index in [-0.39, 0.29) is 5.76 Å². The number of aliphatic hydroxyl groups excluding tert-OH is 1. The summed E-state index contributed by atoms with van der Waals surface area (Å²) in [5, 5.41) is 9.45. The highest BCUT2D eigenvalue weighted by molar-refractivity contribution is 6.14. The van der Waals surface area contributed by atoms with Gasteiger partial charge in [-0.15, -0.1) is 0 Å². The average Bonchev–Trinajstić information content (AvgIpc) is 2.11. The van der Waals surface area contributed by atoms with E-state index in [1.807, 2.05) is 6.08 Å². The van der Waals surface area contributed by atoms with Crippen LogP contribution in [0.25, 0.3) is 0 Å². The second kappa shape index (κ2) is 4.26. The molecule has 0 spiro atoms. The summed E-state index contributed by atoms with van der Waals surface area (Å²) < 4.78 is 0. The van der Waals surface area contributed by atoms with Crippen LogP contribution in [0.3, 0.4) is 0 Å². The second-order valence-electron chi connectivity index (χ2n) is 2.43. The quantitative estimate of drug-likeness (QED) is 0.684. The van der Waals surface area contributed by atoms with Crippen molar-refractivity contribution in [2.75, 3.05) is 0 Å². The fourth-order valence-electron chi connectivity index (χ4n) is 1.04. The monoisotopic (exact) mass is 173 g/mol. The van der Waals surface area contributed by atoms with E-state index < -0.39 is 0 Å². The summed E-state index contributed by atoms with van der Waals surface area (Å²) in [5.41, 5.74) is 1.35. The van der Waals surface area contributed by atoms with Crippen LogP contribution in [0.1, 0.15) is 0 Å². The Balaban J connectivity index is 3.13. The van der Waals surface area contributed by atoms with Crippen LogP contribution in [0.4, 0.5) is 0 Å². The van der Waals surface area contributed by atoms with Crippen LogP contribution in [0.2, 0.25) is 0 Å². The lowest BCUT2D eigenvalue weighted by atomic mass is 10.0. The van der Waals surface area contributed by atoms with Gasteiger partial charge in [0.15, 0.2) is 0 Å². The standard InChI is InChI=1S/C11H11NO/c1-3-6-9-7-5-8-10(13)11(9)12-4-2/h3-8,13H,1-2H2/b9-6-,12-11+. The van der Waals surface area contributed by atoms with Crippen LogP contribution in [0.5, 0.6) is 0 Å². The van der Waals surface area contributed by atoms with Gasteiger partial charge in [-0.3, -0.25) is 4.99 Å². The van der Waals surface area contributed by atoms with Crippen LogP contribution in [0, 0.1) is 0 Å². The molecule has 1 rings (SSSR count). The molecule has 0 saturated heterocycles. The number of rotatable bonds is 2. The van der Waals surface area contributed by atoms with E-state index >= 15 is 0 Å². The van der Waals surface area contributed by atoms with Gasteiger partial charge < -0.3 is 5.11 Å². The molecule has 0 aliphatic heterocycles. The Morgan fingerprint density at radius 3 is 2.77 bits per heavy atom. The maximum Gasteiger partial charge on any atom is 0.141 e. The summed E-state index contributed by atoms with van der Waals surface area (Å²) in [7, 11) is 0. The minimum atomic E-state index is 0.149. The molecule has 0 saturated carbocycles. The van der Waals surface area contributed by atoms with Crippen LogP contribution in [-0.2, 0) is 0 Å². The van der Waals surface area contributed by atoms with E-state index in [1.54, 1.807) is 24.3 Å². The zero-order chi connectivity index (χ0) is 9.68. The molecule has 0 radical (unpaired) electrons. The highest BCUT2D eigenvalue weighted by Gasteiger charge is 2.10. The Morgan fingerprint density at radius 1 is 1.38 bits per heavy atom. The van der Waals surface area contributed by atoms with Crippen molar-refractivity contribution < 1.29 is 5.11 Å². The van der Waals surface area contributed by atoms with Gasteiger partial charge in [0, 0.05) is 11.8 Å². The molecule has 13 heavy (non-hydrogen) atoms. The molecule has 2 heteroatoms. The smallest absolute Gasteiger partial charge is 0.141 e. The first-order valence-electron chi connectivity index (χ1n) is 3.89. The van der Waals surface area contributed by atoms with Crippen molar-refractivity contribution in [3.63, 3.8) is 0 Å². The Kier molecular flexibility index (Phi) is 3.03. The van der Waals surface area contributed by atoms with Gasteiger partial charge in [-0.25, -0.2) is 0 Å². The van der Waals surface area contributed by atoms with Crippen molar-refractivity contribution in [3.8, 4) is 0 Å². The number of aliphatic imine (C=N–C) groups is 1. The number of aliphatic hydroxyl groups is 1. The van der Waals surface area contributed by atoms with Gasteiger partial charge >= 0.3 is 0 Å². The molecule has 0 aromatic carbocycles. The molecular formula is C11H11NO. The van der Waals surface area contributed by atoms with Crippen molar-refractivity contribution >= 4 is 5.71 Å². The predicted molar refractivity (Wildman–Crippen MR) is 55.8 cm³/mol. The van der Waals surface area contributed by atoms with E-state index in [2.05, 4.69) is 18.2 Å². The van der Waals surface area contributed by atoms with Crippen LogP contribution in [-0.4, -0.2) is 10.8 Å². The van der Waals surface area contributed by atoms with Gasteiger partial charge in [0.1, 0.15) is 11.5 Å². The summed E-state index contributed by atoms with van der Waals surface area (Å²) in [5.74, 6) is 0.149. The lowest BCUT2D eigenvalue weighted by Crippen LogP contribution is -2.07. The Morgan fingerprint density at radius 2 is 2.15 bits per heavy atom. The van der Waals surface area contributed by atoms with E-state index in [1.165, 1.54) is 6.20 Å². The van der Waals surface area contributed by atoms with Crippen LogP contribution in [0.15, 0.2) is 66.1 Å². The summed E-state index contributed by atoms with van der Waals surface area (Å²) in [6, 6.07) is 0. The number of hydrogen-bond donors (Lipinski definition) is 1. The Labute approximate surface area is 77.6 Å². The first-order chi connectivity index (χ1) is 6.29. The Hall–Kier alpha value is -1.83. The molecular weight excluding hydrogens is 162 g/mol. The second-order valence-corrected chi connectivity index (χ2v) is 2.43. The molecule has 1 aliphatic carbocycles. The number of hydrogen-bond acceptors (Lipinski definition) is 2. The topological polar surface area (TPSA) is 32.6 Å². The zero-order valence-electron chi connectivity index (χ0n) is 7.27. The minimum Gasteiger partial charge on any atom is -0.506 e. The third-order valence-corrected chi connectivity index (χ3v) is 1.56. The molecule has 0 heterocycles. The average molecular weight is 173 g/mol. The third kappa shape index (κ3) is 2.06. The fourth-order valence-corrected chi connectivity index (χ4v) is 1.04.